The third-order valence-electron chi connectivity index (χ3n) is 5.33. The van der Waals surface area contributed by atoms with Crippen LogP contribution in [0.4, 0.5) is 0 Å². The van der Waals surface area contributed by atoms with E-state index in [0.29, 0.717) is 6.10 Å². The van der Waals surface area contributed by atoms with Gasteiger partial charge in [0.25, 0.3) is 0 Å². The molecule has 0 spiro atoms. The van der Waals surface area contributed by atoms with E-state index in [2.05, 4.69) is 70.5 Å². The summed E-state index contributed by atoms with van der Waals surface area (Å²) in [4.78, 5) is 9.03. The quantitative estimate of drug-likeness (QED) is 0.331. The van der Waals surface area contributed by atoms with Crippen molar-refractivity contribution in [2.24, 2.45) is 4.99 Å². The molecule has 0 aliphatic carbocycles. The molecule has 0 amide bonds. The Morgan fingerprint density at radius 2 is 1.94 bits per heavy atom. The fourth-order valence-corrected chi connectivity index (χ4v) is 3.78. The second kappa shape index (κ2) is 12.9. The number of rotatable bonds is 7. The maximum absolute atomic E-state index is 5.65. The minimum Gasteiger partial charge on any atom is -0.497 e. The molecule has 0 aromatic heterocycles. The summed E-state index contributed by atoms with van der Waals surface area (Å²) < 4.78 is 10.9. The zero-order valence-electron chi connectivity index (χ0n) is 19.0. The van der Waals surface area contributed by atoms with Crippen molar-refractivity contribution in [2.75, 3.05) is 40.9 Å². The van der Waals surface area contributed by atoms with E-state index in [1.54, 1.807) is 7.11 Å². The van der Waals surface area contributed by atoms with Crippen LogP contribution in [0, 0.1) is 0 Å². The third-order valence-corrected chi connectivity index (χ3v) is 5.33. The number of hydrogen-bond donors (Lipinski definition) is 1. The lowest BCUT2D eigenvalue weighted by Gasteiger charge is -2.31. The van der Waals surface area contributed by atoms with Crippen LogP contribution in [0.15, 0.2) is 53.5 Å². The Bertz CT molecular complexity index is 829. The van der Waals surface area contributed by atoms with Crippen molar-refractivity contribution in [3.8, 4) is 5.75 Å². The van der Waals surface area contributed by atoms with Crippen molar-refractivity contribution in [3.63, 3.8) is 0 Å². The molecule has 1 N–H and O–H groups in total. The molecule has 3 rings (SSSR count). The highest BCUT2D eigenvalue weighted by molar-refractivity contribution is 14.0. The molecule has 1 aliphatic heterocycles. The maximum Gasteiger partial charge on any atom is 0.193 e. The first-order valence-corrected chi connectivity index (χ1v) is 10.5. The van der Waals surface area contributed by atoms with Crippen LogP contribution < -0.4 is 10.1 Å². The molecule has 1 aliphatic rings. The Hall–Kier alpha value is -1.84. The Morgan fingerprint density at radius 1 is 1.19 bits per heavy atom. The zero-order chi connectivity index (χ0) is 21.3. The van der Waals surface area contributed by atoms with Crippen molar-refractivity contribution in [2.45, 2.75) is 32.7 Å². The summed E-state index contributed by atoms with van der Waals surface area (Å²) in [6.07, 6.45) is 0.313. The first-order chi connectivity index (χ1) is 14.6. The van der Waals surface area contributed by atoms with Crippen LogP contribution in [-0.2, 0) is 24.4 Å². The minimum absolute atomic E-state index is 0. The first kappa shape index (κ1) is 25.4. The Labute approximate surface area is 203 Å². The van der Waals surface area contributed by atoms with Crippen LogP contribution in [0.2, 0.25) is 0 Å². The molecule has 7 heteroatoms. The smallest absolute Gasteiger partial charge is 0.193 e. The topological polar surface area (TPSA) is 49.3 Å². The number of methoxy groups -OCH3 is 1. The number of hydrogen-bond acceptors (Lipinski definition) is 4. The van der Waals surface area contributed by atoms with Gasteiger partial charge >= 0.3 is 0 Å². The van der Waals surface area contributed by atoms with E-state index in [0.717, 1.165) is 51.0 Å². The standard InChI is InChI=1S/C24H34N4O2.HI/c1-19-16-28(12-13-30-19)18-22-7-5-6-21(14-22)15-26-24(25-2)27(3)17-20-8-10-23(29-4)11-9-20;/h5-11,14,19H,12-13,15-18H2,1-4H3,(H,25,26);1H. The van der Waals surface area contributed by atoms with Crippen molar-refractivity contribution in [3.05, 3.63) is 65.2 Å². The highest BCUT2D eigenvalue weighted by atomic mass is 127. The van der Waals surface area contributed by atoms with Gasteiger partial charge in [-0.2, -0.15) is 0 Å². The van der Waals surface area contributed by atoms with Gasteiger partial charge in [0.1, 0.15) is 5.75 Å². The highest BCUT2D eigenvalue weighted by Crippen LogP contribution is 2.14. The molecule has 0 radical (unpaired) electrons. The van der Waals surface area contributed by atoms with Crippen LogP contribution in [0.25, 0.3) is 0 Å². The molecule has 2 aromatic rings. The van der Waals surface area contributed by atoms with Gasteiger partial charge in [-0.3, -0.25) is 9.89 Å². The number of nitrogens with zero attached hydrogens (tertiary/aromatic N) is 3. The number of guanidine groups is 1. The lowest BCUT2D eigenvalue weighted by Crippen LogP contribution is -2.40. The summed E-state index contributed by atoms with van der Waals surface area (Å²) in [6, 6.07) is 16.9. The maximum atomic E-state index is 5.65. The molecule has 6 nitrogen and oxygen atoms in total. The van der Waals surface area contributed by atoms with Gasteiger partial charge in [0.2, 0.25) is 0 Å². The molecule has 31 heavy (non-hydrogen) atoms. The van der Waals surface area contributed by atoms with E-state index in [1.807, 2.05) is 19.2 Å². The molecule has 1 heterocycles. The molecular weight excluding hydrogens is 503 g/mol. The lowest BCUT2D eigenvalue weighted by molar-refractivity contribution is -0.0212. The van der Waals surface area contributed by atoms with Crippen molar-refractivity contribution < 1.29 is 9.47 Å². The number of benzene rings is 2. The molecule has 1 fully saturated rings. The van der Waals surface area contributed by atoms with Gasteiger partial charge in [0.05, 0.1) is 19.8 Å². The van der Waals surface area contributed by atoms with E-state index < -0.39 is 0 Å². The fourth-order valence-electron chi connectivity index (χ4n) is 3.78. The van der Waals surface area contributed by atoms with Crippen LogP contribution in [0.3, 0.4) is 0 Å². The number of ether oxygens (including phenoxy) is 2. The van der Waals surface area contributed by atoms with E-state index >= 15 is 0 Å². The van der Waals surface area contributed by atoms with E-state index in [-0.39, 0.29) is 24.0 Å². The normalized spacial score (nSPS) is 17.0. The van der Waals surface area contributed by atoms with Gasteiger partial charge in [-0.1, -0.05) is 36.4 Å². The monoisotopic (exact) mass is 538 g/mol. The van der Waals surface area contributed by atoms with Gasteiger partial charge in [0, 0.05) is 46.8 Å². The van der Waals surface area contributed by atoms with Crippen LogP contribution in [0.1, 0.15) is 23.6 Å². The average Bonchev–Trinajstić information content (AvgIpc) is 2.75. The number of halogens is 1. The van der Waals surface area contributed by atoms with Gasteiger partial charge in [-0.15, -0.1) is 24.0 Å². The molecule has 1 unspecified atom stereocenters. The third kappa shape index (κ3) is 7.97. The van der Waals surface area contributed by atoms with Crippen LogP contribution >= 0.6 is 24.0 Å². The number of morpholine rings is 1. The summed E-state index contributed by atoms with van der Waals surface area (Å²) in [5.74, 6) is 1.74. The fraction of sp³-hybridized carbons (Fsp3) is 0.458. The second-order valence-corrected chi connectivity index (χ2v) is 7.84. The van der Waals surface area contributed by atoms with Crippen molar-refractivity contribution in [1.29, 1.82) is 0 Å². The Morgan fingerprint density at radius 3 is 2.61 bits per heavy atom. The zero-order valence-corrected chi connectivity index (χ0v) is 21.3. The van der Waals surface area contributed by atoms with E-state index in [1.165, 1.54) is 16.7 Å². The lowest BCUT2D eigenvalue weighted by atomic mass is 10.1. The van der Waals surface area contributed by atoms with Gasteiger partial charge in [-0.25, -0.2) is 0 Å². The van der Waals surface area contributed by atoms with Gasteiger partial charge in [-0.05, 0) is 35.7 Å². The summed E-state index contributed by atoms with van der Waals surface area (Å²) in [5, 5.41) is 3.48. The summed E-state index contributed by atoms with van der Waals surface area (Å²) in [5.41, 5.74) is 3.81. The van der Waals surface area contributed by atoms with E-state index in [4.69, 9.17) is 9.47 Å². The predicted octanol–water partition coefficient (Wildman–Crippen LogP) is 3.74. The highest BCUT2D eigenvalue weighted by Gasteiger charge is 2.16. The molecule has 2 aromatic carbocycles. The number of nitrogens with one attached hydrogen (secondary N) is 1. The van der Waals surface area contributed by atoms with Crippen molar-refractivity contribution in [1.82, 2.24) is 15.1 Å². The largest absolute Gasteiger partial charge is 0.497 e. The molecule has 0 saturated carbocycles. The van der Waals surface area contributed by atoms with Crippen LogP contribution in [0.5, 0.6) is 5.75 Å². The Kier molecular flexibility index (Phi) is 10.6. The average molecular weight is 538 g/mol. The van der Waals surface area contributed by atoms with Gasteiger partial charge < -0.3 is 19.7 Å². The number of aliphatic imine (C=N–C) groups is 1. The second-order valence-electron chi connectivity index (χ2n) is 7.84. The SMILES string of the molecule is CN=C(NCc1cccc(CN2CCOC(C)C2)c1)N(C)Cc1ccc(OC)cc1.I. The molecular formula is C24H35IN4O2. The van der Waals surface area contributed by atoms with Crippen LogP contribution in [-0.4, -0.2) is 62.8 Å². The van der Waals surface area contributed by atoms with Crippen molar-refractivity contribution >= 4 is 29.9 Å². The molecule has 1 atom stereocenters. The Balaban J connectivity index is 0.00000341. The molecule has 170 valence electrons. The summed E-state index contributed by atoms with van der Waals surface area (Å²) in [7, 11) is 5.56. The minimum atomic E-state index is 0. The predicted molar refractivity (Wildman–Crippen MR) is 137 cm³/mol. The first-order valence-electron chi connectivity index (χ1n) is 10.5. The van der Waals surface area contributed by atoms with Gasteiger partial charge in [0.15, 0.2) is 5.96 Å². The van der Waals surface area contributed by atoms with E-state index in [9.17, 15) is 0 Å². The molecule has 1 saturated heterocycles. The summed E-state index contributed by atoms with van der Waals surface area (Å²) >= 11 is 0. The summed E-state index contributed by atoms with van der Waals surface area (Å²) in [6.45, 7) is 7.43. The molecule has 0 bridgehead atoms.